The van der Waals surface area contributed by atoms with E-state index in [0.717, 1.165) is 0 Å². The van der Waals surface area contributed by atoms with E-state index in [2.05, 4.69) is 0 Å². The van der Waals surface area contributed by atoms with Gasteiger partial charge in [0.05, 0.1) is 22.4 Å². The molecule has 0 spiro atoms. The highest BCUT2D eigenvalue weighted by Gasteiger charge is 2.39. The van der Waals surface area contributed by atoms with Gasteiger partial charge < -0.3 is 4.74 Å². The lowest BCUT2D eigenvalue weighted by Crippen LogP contribution is -2.27. The molecule has 0 unspecified atom stereocenters. The molecule has 1 aromatic carbocycles. The summed E-state index contributed by atoms with van der Waals surface area (Å²) in [5.41, 5.74) is 0. The van der Waals surface area contributed by atoms with E-state index in [0.29, 0.717) is 11.3 Å². The summed E-state index contributed by atoms with van der Waals surface area (Å²) < 4.78 is 30.1. The van der Waals surface area contributed by atoms with Crippen LogP contribution >= 0.6 is 0 Å². The first kappa shape index (κ1) is 11.6. The highest BCUT2D eigenvalue weighted by molar-refractivity contribution is 7.92. The zero-order valence-electron chi connectivity index (χ0n) is 9.46. The Labute approximate surface area is 96.4 Å². The van der Waals surface area contributed by atoms with Crippen molar-refractivity contribution in [3.8, 4) is 0 Å². The van der Waals surface area contributed by atoms with Gasteiger partial charge in [0.25, 0.3) is 0 Å². The maximum Gasteiger partial charge on any atom is 0.183 e. The lowest BCUT2D eigenvalue weighted by Gasteiger charge is -2.14. The molecule has 1 fully saturated rings. The van der Waals surface area contributed by atoms with E-state index in [1.165, 1.54) is 0 Å². The molecule has 0 amide bonds. The van der Waals surface area contributed by atoms with Crippen molar-refractivity contribution in [1.82, 2.24) is 0 Å². The summed E-state index contributed by atoms with van der Waals surface area (Å²) in [6.45, 7) is 3.74. The lowest BCUT2D eigenvalue weighted by atomic mass is 10.2. The molecular weight excluding hydrogens is 224 g/mol. The Hall–Kier alpha value is -0.870. The van der Waals surface area contributed by atoms with Gasteiger partial charge in [-0.05, 0) is 32.4 Å². The maximum absolute atomic E-state index is 12.3. The summed E-state index contributed by atoms with van der Waals surface area (Å²) in [5, 5.41) is -0.412. The molecule has 2 rings (SSSR count). The molecule has 0 aromatic heterocycles. The Balaban J connectivity index is 2.34. The average Bonchev–Trinajstić information content (AvgIpc) is 2.60. The second-order valence-electron chi connectivity index (χ2n) is 4.28. The fourth-order valence-electron chi connectivity index (χ4n) is 2.19. The van der Waals surface area contributed by atoms with E-state index in [1.807, 2.05) is 19.9 Å². The molecule has 0 aliphatic carbocycles. The van der Waals surface area contributed by atoms with Crippen molar-refractivity contribution in [3.05, 3.63) is 30.3 Å². The summed E-state index contributed by atoms with van der Waals surface area (Å²) in [6, 6.07) is 8.60. The van der Waals surface area contributed by atoms with Crippen molar-refractivity contribution in [1.29, 1.82) is 0 Å². The summed E-state index contributed by atoms with van der Waals surface area (Å²) in [7, 11) is -3.25. The molecule has 3 nitrogen and oxygen atoms in total. The number of sulfone groups is 1. The van der Waals surface area contributed by atoms with Gasteiger partial charge in [-0.3, -0.25) is 0 Å². The van der Waals surface area contributed by atoms with Crippen LogP contribution in [-0.4, -0.2) is 25.9 Å². The van der Waals surface area contributed by atoms with Gasteiger partial charge in [-0.1, -0.05) is 18.2 Å². The number of hydrogen-bond donors (Lipinski definition) is 0. The number of benzene rings is 1. The van der Waals surface area contributed by atoms with E-state index in [-0.39, 0.29) is 12.2 Å². The van der Waals surface area contributed by atoms with E-state index in [9.17, 15) is 8.42 Å². The predicted octanol–water partition coefficient (Wildman–Crippen LogP) is 2.03. The Morgan fingerprint density at radius 3 is 2.31 bits per heavy atom. The van der Waals surface area contributed by atoms with Crippen LogP contribution < -0.4 is 0 Å². The van der Waals surface area contributed by atoms with Crippen LogP contribution in [0.15, 0.2) is 35.2 Å². The summed E-state index contributed by atoms with van der Waals surface area (Å²) in [4.78, 5) is 0.393. The van der Waals surface area contributed by atoms with Crippen molar-refractivity contribution in [2.75, 3.05) is 0 Å². The van der Waals surface area contributed by atoms with Crippen molar-refractivity contribution in [2.45, 2.75) is 42.6 Å². The van der Waals surface area contributed by atoms with Gasteiger partial charge in [0.1, 0.15) is 0 Å². The maximum atomic E-state index is 12.3. The SMILES string of the molecule is C[C@H]1C[C@H](S(=O)(=O)c2ccccc2)[C@@H](C)O1. The molecule has 1 heterocycles. The van der Waals surface area contributed by atoms with Crippen LogP contribution in [0.5, 0.6) is 0 Å². The van der Waals surface area contributed by atoms with E-state index < -0.39 is 15.1 Å². The minimum absolute atomic E-state index is 0.0264. The quantitative estimate of drug-likeness (QED) is 0.794. The van der Waals surface area contributed by atoms with Crippen LogP contribution in [0.3, 0.4) is 0 Å². The fourth-order valence-corrected chi connectivity index (χ4v) is 4.17. The molecule has 0 saturated carbocycles. The summed E-state index contributed by atoms with van der Waals surface area (Å²) in [5.74, 6) is 0. The van der Waals surface area contributed by atoms with Crippen molar-refractivity contribution in [2.24, 2.45) is 0 Å². The minimum atomic E-state index is -3.25. The zero-order chi connectivity index (χ0) is 11.8. The average molecular weight is 240 g/mol. The topological polar surface area (TPSA) is 43.4 Å². The molecule has 1 aliphatic heterocycles. The van der Waals surface area contributed by atoms with E-state index >= 15 is 0 Å². The smallest absolute Gasteiger partial charge is 0.183 e. The number of ether oxygens (including phenoxy) is 1. The second kappa shape index (κ2) is 4.18. The number of rotatable bonds is 2. The normalized spacial score (nSPS) is 30.5. The molecule has 3 atom stereocenters. The molecule has 88 valence electrons. The van der Waals surface area contributed by atoms with Crippen LogP contribution in [0, 0.1) is 0 Å². The zero-order valence-corrected chi connectivity index (χ0v) is 10.3. The standard InChI is InChI=1S/C12H16O3S/c1-9-8-12(10(2)15-9)16(13,14)11-6-4-3-5-7-11/h3-7,9-10,12H,8H2,1-2H3/t9-,10+,12-/m0/s1. The molecule has 0 N–H and O–H groups in total. The van der Waals surface area contributed by atoms with Crippen molar-refractivity contribution >= 4 is 9.84 Å². The van der Waals surface area contributed by atoms with Crippen molar-refractivity contribution in [3.63, 3.8) is 0 Å². The fraction of sp³-hybridized carbons (Fsp3) is 0.500. The Kier molecular flexibility index (Phi) is 3.04. The van der Waals surface area contributed by atoms with Gasteiger partial charge in [-0.2, -0.15) is 0 Å². The Morgan fingerprint density at radius 2 is 1.81 bits per heavy atom. The first-order valence-electron chi connectivity index (χ1n) is 5.46. The molecule has 4 heteroatoms. The van der Waals surface area contributed by atoms with Gasteiger partial charge in [-0.15, -0.1) is 0 Å². The van der Waals surface area contributed by atoms with Gasteiger partial charge >= 0.3 is 0 Å². The van der Waals surface area contributed by atoms with Gasteiger partial charge in [0.15, 0.2) is 9.84 Å². The van der Waals surface area contributed by atoms with Crippen LogP contribution in [0.2, 0.25) is 0 Å². The van der Waals surface area contributed by atoms with Crippen LogP contribution in [-0.2, 0) is 14.6 Å². The van der Waals surface area contributed by atoms with Gasteiger partial charge in [-0.25, -0.2) is 8.42 Å². The predicted molar refractivity (Wildman–Crippen MR) is 62.0 cm³/mol. The van der Waals surface area contributed by atoms with Crippen LogP contribution in [0.1, 0.15) is 20.3 Å². The van der Waals surface area contributed by atoms with Gasteiger partial charge in [0, 0.05) is 0 Å². The largest absolute Gasteiger partial charge is 0.374 e. The summed E-state index contributed by atoms with van der Waals surface area (Å²) in [6.07, 6.45) is 0.386. The third kappa shape index (κ3) is 1.99. The summed E-state index contributed by atoms with van der Waals surface area (Å²) >= 11 is 0. The van der Waals surface area contributed by atoms with Crippen LogP contribution in [0.25, 0.3) is 0 Å². The monoisotopic (exact) mass is 240 g/mol. The second-order valence-corrected chi connectivity index (χ2v) is 6.45. The first-order valence-corrected chi connectivity index (χ1v) is 7.01. The molecule has 1 aliphatic rings. The molecule has 0 bridgehead atoms. The van der Waals surface area contributed by atoms with Crippen molar-refractivity contribution < 1.29 is 13.2 Å². The first-order chi connectivity index (χ1) is 7.51. The van der Waals surface area contributed by atoms with E-state index in [4.69, 9.17) is 4.74 Å². The molecular formula is C12H16O3S. The van der Waals surface area contributed by atoms with Gasteiger partial charge in [0.2, 0.25) is 0 Å². The van der Waals surface area contributed by atoms with E-state index in [1.54, 1.807) is 24.3 Å². The molecule has 0 radical (unpaired) electrons. The highest BCUT2D eigenvalue weighted by atomic mass is 32.2. The molecule has 16 heavy (non-hydrogen) atoms. The third-order valence-electron chi connectivity index (χ3n) is 3.01. The number of hydrogen-bond acceptors (Lipinski definition) is 3. The molecule has 1 saturated heterocycles. The Bertz CT molecular complexity index is 452. The van der Waals surface area contributed by atoms with Crippen LogP contribution in [0.4, 0.5) is 0 Å². The minimum Gasteiger partial charge on any atom is -0.374 e. The third-order valence-corrected chi connectivity index (χ3v) is 5.31. The highest BCUT2D eigenvalue weighted by Crippen LogP contribution is 2.30. The lowest BCUT2D eigenvalue weighted by molar-refractivity contribution is 0.0679. The molecule has 1 aromatic rings. The Morgan fingerprint density at radius 1 is 1.19 bits per heavy atom.